The molecule has 0 radical (unpaired) electrons. The molecular formula is C8H11N3O. The Labute approximate surface area is 71.3 Å². The molecule has 1 aromatic heterocycles. The second-order valence-corrected chi connectivity index (χ2v) is 2.11. The van der Waals surface area contributed by atoms with Gasteiger partial charge in [-0.05, 0) is 12.1 Å². The van der Waals surface area contributed by atoms with Gasteiger partial charge in [0.2, 0.25) is 0 Å². The summed E-state index contributed by atoms with van der Waals surface area (Å²) in [6.45, 7) is 0. The molecule has 0 aromatic carbocycles. The molecule has 64 valence electrons. The first-order chi connectivity index (χ1) is 5.88. The van der Waals surface area contributed by atoms with Crippen LogP contribution in [-0.4, -0.2) is 25.4 Å². The first-order valence-corrected chi connectivity index (χ1v) is 3.57. The molecule has 0 amide bonds. The van der Waals surface area contributed by atoms with Crippen LogP contribution in [0.25, 0.3) is 0 Å². The van der Waals surface area contributed by atoms with Gasteiger partial charge < -0.3 is 10.2 Å². The Morgan fingerprint density at radius 2 is 2.50 bits per heavy atom. The van der Waals surface area contributed by atoms with Gasteiger partial charge in [0.1, 0.15) is 12.9 Å². The van der Waals surface area contributed by atoms with Crippen LogP contribution in [0.1, 0.15) is 5.56 Å². The summed E-state index contributed by atoms with van der Waals surface area (Å²) < 4.78 is 0. The fraction of sp³-hybridized carbons (Fsp3) is 0.250. The number of nitrogens with zero attached hydrogens (tertiary/aromatic N) is 2. The Balaban J connectivity index is 2.89. The van der Waals surface area contributed by atoms with Crippen LogP contribution < -0.4 is 5.32 Å². The van der Waals surface area contributed by atoms with Crippen LogP contribution in [0.3, 0.4) is 0 Å². The number of aromatic nitrogens is 1. The van der Waals surface area contributed by atoms with Crippen LogP contribution in [0.2, 0.25) is 0 Å². The molecule has 0 spiro atoms. The Kier molecular flexibility index (Phi) is 3.07. The number of nitrogens with one attached hydrogen (secondary N) is 1. The van der Waals surface area contributed by atoms with Crippen LogP contribution in [0.15, 0.2) is 23.5 Å². The van der Waals surface area contributed by atoms with Crippen molar-refractivity contribution >= 4 is 12.0 Å². The van der Waals surface area contributed by atoms with Crippen LogP contribution >= 0.6 is 0 Å². The van der Waals surface area contributed by atoms with Crippen molar-refractivity contribution < 1.29 is 4.84 Å². The van der Waals surface area contributed by atoms with Gasteiger partial charge in [0.05, 0.1) is 6.21 Å². The van der Waals surface area contributed by atoms with E-state index in [0.29, 0.717) is 0 Å². The standard InChI is InChI=1S/C8H11N3O/c1-9-8-7(6-11-12-2)4-3-5-10-8/h3-6H,1-2H3,(H,9,10). The highest BCUT2D eigenvalue weighted by Crippen LogP contribution is 2.06. The van der Waals surface area contributed by atoms with Crippen molar-refractivity contribution in [3.05, 3.63) is 23.9 Å². The lowest BCUT2D eigenvalue weighted by molar-refractivity contribution is 0.215. The maximum atomic E-state index is 4.56. The molecule has 1 N–H and O–H groups in total. The van der Waals surface area contributed by atoms with E-state index in [9.17, 15) is 0 Å². The highest BCUT2D eigenvalue weighted by molar-refractivity contribution is 5.85. The van der Waals surface area contributed by atoms with E-state index in [1.54, 1.807) is 12.4 Å². The zero-order valence-corrected chi connectivity index (χ0v) is 7.11. The lowest BCUT2D eigenvalue weighted by Crippen LogP contribution is -1.96. The third-order valence-electron chi connectivity index (χ3n) is 1.37. The third kappa shape index (κ3) is 1.95. The van der Waals surface area contributed by atoms with Gasteiger partial charge in [0.15, 0.2) is 0 Å². The SMILES string of the molecule is CNc1ncccc1C=NOC. The average molecular weight is 165 g/mol. The minimum Gasteiger partial charge on any atom is -0.399 e. The van der Waals surface area contributed by atoms with Crippen molar-refractivity contribution in [3.63, 3.8) is 0 Å². The van der Waals surface area contributed by atoms with E-state index < -0.39 is 0 Å². The molecule has 0 bridgehead atoms. The summed E-state index contributed by atoms with van der Waals surface area (Å²) in [6.07, 6.45) is 3.33. The van der Waals surface area contributed by atoms with Crippen molar-refractivity contribution in [2.75, 3.05) is 19.5 Å². The van der Waals surface area contributed by atoms with Crippen LogP contribution in [-0.2, 0) is 4.84 Å². The number of anilines is 1. The van der Waals surface area contributed by atoms with Crippen LogP contribution in [0.5, 0.6) is 0 Å². The minimum absolute atomic E-state index is 0.790. The molecule has 12 heavy (non-hydrogen) atoms. The van der Waals surface area contributed by atoms with E-state index in [-0.39, 0.29) is 0 Å². The molecule has 4 nitrogen and oxygen atoms in total. The summed E-state index contributed by atoms with van der Waals surface area (Å²) >= 11 is 0. The molecule has 1 heterocycles. The van der Waals surface area contributed by atoms with Gasteiger partial charge in [-0.3, -0.25) is 0 Å². The predicted octanol–water partition coefficient (Wildman–Crippen LogP) is 1.10. The van der Waals surface area contributed by atoms with Crippen molar-refractivity contribution in [1.29, 1.82) is 0 Å². The van der Waals surface area contributed by atoms with Gasteiger partial charge in [0, 0.05) is 18.8 Å². The van der Waals surface area contributed by atoms with Gasteiger partial charge >= 0.3 is 0 Å². The summed E-state index contributed by atoms with van der Waals surface area (Å²) in [4.78, 5) is 8.65. The molecule has 0 aliphatic heterocycles. The van der Waals surface area contributed by atoms with E-state index in [4.69, 9.17) is 0 Å². The van der Waals surface area contributed by atoms with Crippen molar-refractivity contribution in [3.8, 4) is 0 Å². The summed E-state index contributed by atoms with van der Waals surface area (Å²) in [5, 5.41) is 6.59. The number of rotatable bonds is 3. The molecule has 4 heteroatoms. The Morgan fingerprint density at radius 1 is 1.67 bits per heavy atom. The van der Waals surface area contributed by atoms with Gasteiger partial charge in [-0.25, -0.2) is 4.98 Å². The van der Waals surface area contributed by atoms with Crippen LogP contribution in [0.4, 0.5) is 5.82 Å². The van der Waals surface area contributed by atoms with E-state index in [0.717, 1.165) is 11.4 Å². The first-order valence-electron chi connectivity index (χ1n) is 3.57. The summed E-state index contributed by atoms with van der Waals surface area (Å²) in [5.41, 5.74) is 0.904. The van der Waals surface area contributed by atoms with E-state index in [1.165, 1.54) is 7.11 Å². The average Bonchev–Trinajstić information content (AvgIpc) is 2.15. The summed E-state index contributed by atoms with van der Waals surface area (Å²) in [5.74, 6) is 0.790. The van der Waals surface area contributed by atoms with Gasteiger partial charge in [-0.1, -0.05) is 5.16 Å². The molecular weight excluding hydrogens is 154 g/mol. The third-order valence-corrected chi connectivity index (χ3v) is 1.37. The van der Waals surface area contributed by atoms with Gasteiger partial charge in [-0.15, -0.1) is 0 Å². The summed E-state index contributed by atoms with van der Waals surface area (Å²) in [6, 6.07) is 3.75. The molecule has 0 fully saturated rings. The maximum Gasteiger partial charge on any atom is 0.134 e. The second-order valence-electron chi connectivity index (χ2n) is 2.11. The zero-order valence-electron chi connectivity index (χ0n) is 7.11. The predicted molar refractivity (Wildman–Crippen MR) is 48.4 cm³/mol. The van der Waals surface area contributed by atoms with Gasteiger partial charge in [0.25, 0.3) is 0 Å². The quantitative estimate of drug-likeness (QED) is 0.539. The number of oxime groups is 1. The molecule has 1 aromatic rings. The second kappa shape index (κ2) is 4.33. The fourth-order valence-electron chi connectivity index (χ4n) is 0.840. The zero-order chi connectivity index (χ0) is 8.81. The maximum absolute atomic E-state index is 4.56. The molecule has 0 aliphatic carbocycles. The monoisotopic (exact) mass is 165 g/mol. The molecule has 1 rings (SSSR count). The Bertz CT molecular complexity index is 273. The number of hydrogen-bond acceptors (Lipinski definition) is 4. The highest BCUT2D eigenvalue weighted by atomic mass is 16.6. The molecule has 0 saturated heterocycles. The topological polar surface area (TPSA) is 46.5 Å². The smallest absolute Gasteiger partial charge is 0.134 e. The van der Waals surface area contributed by atoms with Crippen molar-refractivity contribution in [1.82, 2.24) is 4.98 Å². The molecule has 0 aliphatic rings. The fourth-order valence-corrected chi connectivity index (χ4v) is 0.840. The highest BCUT2D eigenvalue weighted by Gasteiger charge is 1.95. The Morgan fingerprint density at radius 3 is 3.17 bits per heavy atom. The van der Waals surface area contributed by atoms with Crippen molar-refractivity contribution in [2.45, 2.75) is 0 Å². The molecule has 0 saturated carbocycles. The lowest BCUT2D eigenvalue weighted by atomic mass is 10.3. The molecule has 0 atom stereocenters. The Hall–Kier alpha value is -1.58. The number of pyridine rings is 1. The van der Waals surface area contributed by atoms with Crippen LogP contribution in [0, 0.1) is 0 Å². The lowest BCUT2D eigenvalue weighted by Gasteiger charge is -2.00. The van der Waals surface area contributed by atoms with Gasteiger partial charge in [-0.2, -0.15) is 0 Å². The molecule has 0 unspecified atom stereocenters. The van der Waals surface area contributed by atoms with E-state index in [1.807, 2.05) is 19.2 Å². The van der Waals surface area contributed by atoms with E-state index >= 15 is 0 Å². The normalized spacial score (nSPS) is 10.2. The van der Waals surface area contributed by atoms with Crippen molar-refractivity contribution in [2.24, 2.45) is 5.16 Å². The van der Waals surface area contributed by atoms with E-state index in [2.05, 4.69) is 20.3 Å². The minimum atomic E-state index is 0.790. The first kappa shape index (κ1) is 8.52. The largest absolute Gasteiger partial charge is 0.399 e. The summed E-state index contributed by atoms with van der Waals surface area (Å²) in [7, 11) is 3.32. The number of hydrogen-bond donors (Lipinski definition) is 1.